The van der Waals surface area contributed by atoms with Crippen molar-refractivity contribution >= 4 is 16.9 Å². The molecule has 5 nitrogen and oxygen atoms in total. The highest BCUT2D eigenvalue weighted by Crippen LogP contribution is 2.25. The molecule has 1 fully saturated rings. The Morgan fingerprint density at radius 3 is 3.20 bits per heavy atom. The standard InChI is InChI=1S/C9H14N4OS/c1-3-9(2)5-15-8(12-9)10-4-7-11-6-14-13-7/h6H,3-5H2,1-2H3,(H,10,12). The molecule has 1 aliphatic rings. The maximum Gasteiger partial charge on any atom is 0.213 e. The van der Waals surface area contributed by atoms with Crippen LogP contribution in [0.4, 0.5) is 0 Å². The van der Waals surface area contributed by atoms with E-state index < -0.39 is 0 Å². The second-order valence-corrected chi connectivity index (χ2v) is 4.76. The van der Waals surface area contributed by atoms with Gasteiger partial charge in [-0.25, -0.2) is 0 Å². The summed E-state index contributed by atoms with van der Waals surface area (Å²) in [6.45, 7) is 4.86. The van der Waals surface area contributed by atoms with Crippen LogP contribution in [0, 0.1) is 0 Å². The lowest BCUT2D eigenvalue weighted by Gasteiger charge is -2.20. The lowest BCUT2D eigenvalue weighted by atomic mass is 10.0. The summed E-state index contributed by atoms with van der Waals surface area (Å²) in [5, 5.41) is 8.09. The minimum atomic E-state index is 0.181. The second-order valence-electron chi connectivity index (χ2n) is 3.80. The molecule has 1 aliphatic heterocycles. The van der Waals surface area contributed by atoms with Crippen molar-refractivity contribution < 1.29 is 4.52 Å². The van der Waals surface area contributed by atoms with Gasteiger partial charge >= 0.3 is 0 Å². The predicted molar refractivity (Wildman–Crippen MR) is 59.7 cm³/mol. The van der Waals surface area contributed by atoms with Crippen molar-refractivity contribution in [2.75, 3.05) is 5.75 Å². The van der Waals surface area contributed by atoms with Crippen molar-refractivity contribution in [3.63, 3.8) is 0 Å². The fourth-order valence-corrected chi connectivity index (χ4v) is 2.44. The Kier molecular flexibility index (Phi) is 2.95. The molecule has 2 heterocycles. The van der Waals surface area contributed by atoms with Crippen LogP contribution in [0.15, 0.2) is 15.9 Å². The van der Waals surface area contributed by atoms with Crippen molar-refractivity contribution in [3.05, 3.63) is 12.2 Å². The average molecular weight is 226 g/mol. The number of nitrogens with one attached hydrogen (secondary N) is 1. The molecular formula is C9H14N4OS. The number of rotatable bonds is 3. The SMILES string of the molecule is CCC1(C)CSC(=NCc2ncon2)N1. The van der Waals surface area contributed by atoms with Crippen LogP contribution in [0.5, 0.6) is 0 Å². The number of hydrogen-bond acceptors (Lipinski definition) is 5. The van der Waals surface area contributed by atoms with Crippen molar-refractivity contribution in [1.29, 1.82) is 0 Å². The maximum absolute atomic E-state index is 4.63. The van der Waals surface area contributed by atoms with Crippen LogP contribution in [0.25, 0.3) is 0 Å². The van der Waals surface area contributed by atoms with Crippen LogP contribution in [-0.2, 0) is 6.54 Å². The van der Waals surface area contributed by atoms with Crippen LogP contribution in [-0.4, -0.2) is 26.6 Å². The van der Waals surface area contributed by atoms with E-state index in [4.69, 9.17) is 0 Å². The fourth-order valence-electron chi connectivity index (χ4n) is 1.24. The van der Waals surface area contributed by atoms with Crippen LogP contribution >= 0.6 is 11.8 Å². The normalized spacial score (nSPS) is 28.3. The molecule has 0 aliphatic carbocycles. The molecule has 0 bridgehead atoms. The monoisotopic (exact) mass is 226 g/mol. The summed E-state index contributed by atoms with van der Waals surface area (Å²) in [5.41, 5.74) is 0.181. The Morgan fingerprint density at radius 1 is 1.73 bits per heavy atom. The first kappa shape index (κ1) is 10.5. The van der Waals surface area contributed by atoms with E-state index in [1.54, 1.807) is 11.8 Å². The number of nitrogens with zero attached hydrogens (tertiary/aromatic N) is 3. The number of thioether (sulfide) groups is 1. The van der Waals surface area contributed by atoms with Crippen LogP contribution in [0.1, 0.15) is 26.1 Å². The minimum absolute atomic E-state index is 0.181. The summed E-state index contributed by atoms with van der Waals surface area (Å²) in [6, 6.07) is 0. The van der Waals surface area contributed by atoms with E-state index in [1.165, 1.54) is 6.39 Å². The van der Waals surface area contributed by atoms with E-state index in [9.17, 15) is 0 Å². The Balaban J connectivity index is 1.93. The molecule has 1 aromatic heterocycles. The zero-order valence-electron chi connectivity index (χ0n) is 8.86. The lowest BCUT2D eigenvalue weighted by Crippen LogP contribution is -2.39. The molecule has 1 saturated heterocycles. The molecule has 0 spiro atoms. The highest BCUT2D eigenvalue weighted by atomic mass is 32.2. The molecule has 1 N–H and O–H groups in total. The van der Waals surface area contributed by atoms with Crippen LogP contribution < -0.4 is 5.32 Å². The molecule has 0 saturated carbocycles. The zero-order valence-corrected chi connectivity index (χ0v) is 9.67. The Morgan fingerprint density at radius 2 is 2.60 bits per heavy atom. The highest BCUT2D eigenvalue weighted by molar-refractivity contribution is 8.14. The van der Waals surface area contributed by atoms with Gasteiger partial charge in [0.1, 0.15) is 6.54 Å². The van der Waals surface area contributed by atoms with Gasteiger partial charge in [0.05, 0.1) is 0 Å². The molecule has 2 rings (SSSR count). The van der Waals surface area contributed by atoms with Crippen LogP contribution in [0.3, 0.4) is 0 Å². The molecule has 0 radical (unpaired) electrons. The summed E-state index contributed by atoms with van der Waals surface area (Å²) in [5.74, 6) is 1.68. The summed E-state index contributed by atoms with van der Waals surface area (Å²) in [7, 11) is 0. The van der Waals surface area contributed by atoms with Gasteiger partial charge in [0, 0.05) is 11.3 Å². The van der Waals surface area contributed by atoms with Gasteiger partial charge in [-0.1, -0.05) is 23.8 Å². The van der Waals surface area contributed by atoms with E-state index in [2.05, 4.69) is 38.8 Å². The molecule has 0 aromatic carbocycles. The van der Waals surface area contributed by atoms with Gasteiger partial charge in [-0.3, -0.25) is 4.99 Å². The van der Waals surface area contributed by atoms with Gasteiger partial charge < -0.3 is 9.84 Å². The lowest BCUT2D eigenvalue weighted by molar-refractivity contribution is 0.410. The number of hydrogen-bond donors (Lipinski definition) is 1. The topological polar surface area (TPSA) is 63.3 Å². The first-order chi connectivity index (χ1) is 7.22. The predicted octanol–water partition coefficient (Wildman–Crippen LogP) is 1.43. The zero-order chi connectivity index (χ0) is 10.7. The highest BCUT2D eigenvalue weighted by Gasteiger charge is 2.30. The first-order valence-corrected chi connectivity index (χ1v) is 5.91. The summed E-state index contributed by atoms with van der Waals surface area (Å²) >= 11 is 1.75. The third-order valence-corrected chi connectivity index (χ3v) is 3.77. The van der Waals surface area contributed by atoms with Gasteiger partial charge in [0.15, 0.2) is 11.0 Å². The summed E-state index contributed by atoms with van der Waals surface area (Å²) < 4.78 is 4.63. The van der Waals surface area contributed by atoms with E-state index in [1.807, 2.05) is 0 Å². The fraction of sp³-hybridized carbons (Fsp3) is 0.667. The quantitative estimate of drug-likeness (QED) is 0.844. The van der Waals surface area contributed by atoms with Crippen molar-refractivity contribution in [2.45, 2.75) is 32.4 Å². The largest absolute Gasteiger partial charge is 0.359 e. The van der Waals surface area contributed by atoms with E-state index in [0.717, 1.165) is 17.3 Å². The maximum atomic E-state index is 4.63. The molecular weight excluding hydrogens is 212 g/mol. The molecule has 1 atom stereocenters. The molecule has 82 valence electrons. The van der Waals surface area contributed by atoms with Gasteiger partial charge in [-0.2, -0.15) is 4.98 Å². The smallest absolute Gasteiger partial charge is 0.213 e. The van der Waals surface area contributed by atoms with E-state index in [-0.39, 0.29) is 5.54 Å². The molecule has 0 amide bonds. The molecule has 15 heavy (non-hydrogen) atoms. The molecule has 6 heteroatoms. The van der Waals surface area contributed by atoms with Gasteiger partial charge in [0.2, 0.25) is 6.39 Å². The average Bonchev–Trinajstić information content (AvgIpc) is 2.85. The van der Waals surface area contributed by atoms with Crippen molar-refractivity contribution in [2.24, 2.45) is 4.99 Å². The Bertz CT molecular complexity index is 351. The third kappa shape index (κ3) is 2.50. The van der Waals surface area contributed by atoms with Crippen molar-refractivity contribution in [1.82, 2.24) is 15.5 Å². The number of amidine groups is 1. The Hall–Kier alpha value is -1.04. The van der Waals surface area contributed by atoms with Crippen molar-refractivity contribution in [3.8, 4) is 0 Å². The Labute approximate surface area is 92.7 Å². The van der Waals surface area contributed by atoms with Gasteiger partial charge in [0.25, 0.3) is 0 Å². The van der Waals surface area contributed by atoms with Gasteiger partial charge in [-0.15, -0.1) is 0 Å². The van der Waals surface area contributed by atoms with E-state index in [0.29, 0.717) is 12.4 Å². The number of aromatic nitrogens is 2. The molecule has 1 unspecified atom stereocenters. The first-order valence-electron chi connectivity index (χ1n) is 4.92. The number of aliphatic imine (C=N–C) groups is 1. The van der Waals surface area contributed by atoms with Gasteiger partial charge in [-0.05, 0) is 13.3 Å². The second kappa shape index (κ2) is 4.22. The molecule has 1 aromatic rings. The third-order valence-electron chi connectivity index (χ3n) is 2.49. The van der Waals surface area contributed by atoms with E-state index >= 15 is 0 Å². The van der Waals surface area contributed by atoms with Crippen LogP contribution in [0.2, 0.25) is 0 Å². The minimum Gasteiger partial charge on any atom is -0.359 e. The summed E-state index contributed by atoms with van der Waals surface area (Å²) in [6.07, 6.45) is 2.42. The summed E-state index contributed by atoms with van der Waals surface area (Å²) in [4.78, 5) is 8.30.